The van der Waals surface area contributed by atoms with E-state index in [4.69, 9.17) is 22.1 Å². The van der Waals surface area contributed by atoms with Crippen molar-refractivity contribution in [3.05, 3.63) is 71.4 Å². The van der Waals surface area contributed by atoms with E-state index in [9.17, 15) is 4.79 Å². The van der Waals surface area contributed by atoms with Gasteiger partial charge in [0.05, 0.1) is 6.20 Å². The van der Waals surface area contributed by atoms with Gasteiger partial charge in [0.1, 0.15) is 10.8 Å². The minimum absolute atomic E-state index is 0.222. The van der Waals surface area contributed by atoms with E-state index in [1.165, 1.54) is 18.0 Å². The molecule has 3 N–H and O–H groups in total. The zero-order valence-corrected chi connectivity index (χ0v) is 19.0. The molecule has 0 unspecified atom stereocenters. The standard InChI is InChI=1S/C24H25ClN6O2/c1-30-11-13-31(14-12-30)19-8-6-18(7-9-19)28-24-27-16-21(25)23(29-24)33-20-4-2-3-17(15-20)5-10-22(26)32/h2-10,15-16H,11-14H2,1H3,(H2,26,32)(H,27,28,29). The number of aromatic nitrogens is 2. The molecule has 1 fully saturated rings. The number of rotatable bonds is 7. The lowest BCUT2D eigenvalue weighted by Crippen LogP contribution is -2.44. The lowest BCUT2D eigenvalue weighted by Gasteiger charge is -2.34. The fraction of sp³-hybridized carbons (Fsp3) is 0.208. The third kappa shape index (κ3) is 6.21. The fourth-order valence-corrected chi connectivity index (χ4v) is 3.53. The summed E-state index contributed by atoms with van der Waals surface area (Å²) in [5, 5.41) is 3.47. The van der Waals surface area contributed by atoms with Crippen molar-refractivity contribution in [2.45, 2.75) is 0 Å². The van der Waals surface area contributed by atoms with Crippen LogP contribution in [0.15, 0.2) is 60.8 Å². The maximum absolute atomic E-state index is 11.0. The van der Waals surface area contributed by atoms with Gasteiger partial charge < -0.3 is 25.6 Å². The molecular formula is C24H25ClN6O2. The third-order valence-electron chi connectivity index (χ3n) is 5.22. The Morgan fingerprint density at radius 1 is 1.15 bits per heavy atom. The van der Waals surface area contributed by atoms with Crippen LogP contribution in [0.25, 0.3) is 6.08 Å². The van der Waals surface area contributed by atoms with Crippen molar-refractivity contribution >= 4 is 40.9 Å². The van der Waals surface area contributed by atoms with Crippen LogP contribution in [0.2, 0.25) is 5.02 Å². The Morgan fingerprint density at radius 2 is 1.91 bits per heavy atom. The number of hydrogen-bond donors (Lipinski definition) is 2. The van der Waals surface area contributed by atoms with Gasteiger partial charge in [-0.15, -0.1) is 0 Å². The molecule has 1 aromatic heterocycles. The molecule has 0 saturated carbocycles. The number of carbonyl (C=O) groups excluding carboxylic acids is 1. The Balaban J connectivity index is 1.44. The second kappa shape index (κ2) is 10.3. The maximum atomic E-state index is 11.0. The number of halogens is 1. The highest BCUT2D eigenvalue weighted by atomic mass is 35.5. The van der Waals surface area contributed by atoms with Gasteiger partial charge >= 0.3 is 0 Å². The number of nitrogens with two attached hydrogens (primary N) is 1. The van der Waals surface area contributed by atoms with Crippen LogP contribution in [-0.4, -0.2) is 54.0 Å². The van der Waals surface area contributed by atoms with Crippen molar-refractivity contribution in [1.29, 1.82) is 0 Å². The van der Waals surface area contributed by atoms with Crippen LogP contribution < -0.4 is 20.7 Å². The first kappa shape index (κ1) is 22.6. The molecule has 1 aliphatic rings. The molecule has 170 valence electrons. The molecule has 3 aromatic rings. The minimum atomic E-state index is -0.521. The van der Waals surface area contributed by atoms with Crippen LogP contribution >= 0.6 is 11.6 Å². The van der Waals surface area contributed by atoms with E-state index in [1.54, 1.807) is 24.3 Å². The SMILES string of the molecule is CN1CCN(c2ccc(Nc3ncc(Cl)c(Oc4cccc(C=CC(N)=O)c4)n3)cc2)CC1. The molecule has 33 heavy (non-hydrogen) atoms. The summed E-state index contributed by atoms with van der Waals surface area (Å²) < 4.78 is 5.86. The van der Waals surface area contributed by atoms with Crippen molar-refractivity contribution in [3.8, 4) is 11.6 Å². The summed E-state index contributed by atoms with van der Waals surface area (Å²) in [5.74, 6) is 0.586. The number of likely N-dealkylation sites (N-methyl/N-ethyl adjacent to an activating group) is 1. The zero-order valence-electron chi connectivity index (χ0n) is 18.2. The number of carbonyl (C=O) groups is 1. The number of piperazine rings is 1. The number of amides is 1. The first-order chi connectivity index (χ1) is 16.0. The predicted octanol–water partition coefficient (Wildman–Crippen LogP) is 3.92. The van der Waals surface area contributed by atoms with Gasteiger partial charge in [-0.25, -0.2) is 4.98 Å². The molecular weight excluding hydrogens is 440 g/mol. The Kier molecular flexibility index (Phi) is 7.07. The molecule has 0 aliphatic carbocycles. The largest absolute Gasteiger partial charge is 0.437 e. The van der Waals surface area contributed by atoms with Gasteiger partial charge in [-0.1, -0.05) is 23.7 Å². The second-order valence-electron chi connectivity index (χ2n) is 7.72. The maximum Gasteiger partial charge on any atom is 0.243 e. The molecule has 4 rings (SSSR count). The van der Waals surface area contributed by atoms with E-state index >= 15 is 0 Å². The summed E-state index contributed by atoms with van der Waals surface area (Å²) in [7, 11) is 2.15. The Morgan fingerprint density at radius 3 is 2.64 bits per heavy atom. The van der Waals surface area contributed by atoms with E-state index in [2.05, 4.69) is 44.3 Å². The van der Waals surface area contributed by atoms with E-state index in [-0.39, 0.29) is 10.9 Å². The van der Waals surface area contributed by atoms with Crippen LogP contribution in [0.4, 0.5) is 17.3 Å². The number of benzene rings is 2. The average Bonchev–Trinajstić information content (AvgIpc) is 2.81. The van der Waals surface area contributed by atoms with Crippen LogP contribution in [0.1, 0.15) is 5.56 Å². The van der Waals surface area contributed by atoms with Crippen molar-refractivity contribution in [1.82, 2.24) is 14.9 Å². The molecule has 2 heterocycles. The van der Waals surface area contributed by atoms with Gasteiger partial charge in [0.25, 0.3) is 0 Å². The summed E-state index contributed by atoms with van der Waals surface area (Å²) in [6.07, 6.45) is 4.38. The van der Waals surface area contributed by atoms with Gasteiger partial charge in [0.15, 0.2) is 0 Å². The Bertz CT molecular complexity index is 1140. The quantitative estimate of drug-likeness (QED) is 0.511. The lowest BCUT2D eigenvalue weighted by molar-refractivity contribution is -0.113. The van der Waals surface area contributed by atoms with E-state index in [1.807, 2.05) is 18.2 Å². The number of nitrogens with zero attached hydrogens (tertiary/aromatic N) is 4. The first-order valence-corrected chi connectivity index (χ1v) is 10.9. The fourth-order valence-electron chi connectivity index (χ4n) is 3.40. The van der Waals surface area contributed by atoms with Crippen LogP contribution in [0, 0.1) is 0 Å². The summed E-state index contributed by atoms with van der Waals surface area (Å²) >= 11 is 6.25. The Labute approximate surface area is 197 Å². The number of primary amides is 1. The van der Waals surface area contributed by atoms with E-state index < -0.39 is 5.91 Å². The second-order valence-corrected chi connectivity index (χ2v) is 8.13. The number of nitrogens with one attached hydrogen (secondary N) is 1. The van der Waals surface area contributed by atoms with Gasteiger partial charge in [-0.2, -0.15) is 4.98 Å². The predicted molar refractivity (Wildman–Crippen MR) is 131 cm³/mol. The lowest BCUT2D eigenvalue weighted by atomic mass is 10.2. The van der Waals surface area contributed by atoms with Gasteiger partial charge in [-0.05, 0) is 55.1 Å². The van der Waals surface area contributed by atoms with Gasteiger partial charge in [-0.3, -0.25) is 4.79 Å². The molecule has 0 radical (unpaired) electrons. The molecule has 1 saturated heterocycles. The van der Waals surface area contributed by atoms with Crippen molar-refractivity contribution in [2.75, 3.05) is 43.4 Å². The molecule has 8 nitrogen and oxygen atoms in total. The summed E-state index contributed by atoms with van der Waals surface area (Å²) in [6.45, 7) is 4.16. The molecule has 1 aliphatic heterocycles. The average molecular weight is 465 g/mol. The van der Waals surface area contributed by atoms with Crippen molar-refractivity contribution in [2.24, 2.45) is 5.73 Å². The molecule has 1 amide bonds. The normalized spacial score (nSPS) is 14.4. The van der Waals surface area contributed by atoms with Crippen LogP contribution in [0.5, 0.6) is 11.6 Å². The van der Waals surface area contributed by atoms with Crippen LogP contribution in [-0.2, 0) is 4.79 Å². The van der Waals surface area contributed by atoms with E-state index in [0.717, 1.165) is 37.4 Å². The van der Waals surface area contributed by atoms with E-state index in [0.29, 0.717) is 11.7 Å². The number of anilines is 3. The minimum Gasteiger partial charge on any atom is -0.437 e. The topological polar surface area (TPSA) is 96.6 Å². The third-order valence-corrected chi connectivity index (χ3v) is 5.48. The smallest absolute Gasteiger partial charge is 0.243 e. The highest BCUT2D eigenvalue weighted by molar-refractivity contribution is 6.31. The monoisotopic (exact) mass is 464 g/mol. The Hall–Kier alpha value is -3.62. The summed E-state index contributed by atoms with van der Waals surface area (Å²) in [6, 6.07) is 15.3. The zero-order chi connectivity index (χ0) is 23.2. The first-order valence-electron chi connectivity index (χ1n) is 10.5. The molecule has 9 heteroatoms. The number of ether oxygens (including phenoxy) is 1. The molecule has 2 aromatic carbocycles. The van der Waals surface area contributed by atoms with Gasteiger partial charge in [0.2, 0.25) is 17.7 Å². The summed E-state index contributed by atoms with van der Waals surface area (Å²) in [5.41, 5.74) is 7.97. The van der Waals surface area contributed by atoms with Crippen molar-refractivity contribution in [3.63, 3.8) is 0 Å². The molecule has 0 bridgehead atoms. The summed E-state index contributed by atoms with van der Waals surface area (Å²) in [4.78, 5) is 24.3. The number of hydrogen-bond acceptors (Lipinski definition) is 7. The van der Waals surface area contributed by atoms with Gasteiger partial charge in [0, 0.05) is 43.6 Å². The molecule has 0 atom stereocenters. The molecule has 0 spiro atoms. The highest BCUT2D eigenvalue weighted by Crippen LogP contribution is 2.29. The van der Waals surface area contributed by atoms with Crippen molar-refractivity contribution < 1.29 is 9.53 Å². The van der Waals surface area contributed by atoms with Crippen LogP contribution in [0.3, 0.4) is 0 Å². The highest BCUT2D eigenvalue weighted by Gasteiger charge is 2.14.